The van der Waals surface area contributed by atoms with Crippen molar-refractivity contribution < 1.29 is 45.9 Å². The van der Waals surface area contributed by atoms with Crippen LogP contribution in [0.2, 0.25) is 0 Å². The van der Waals surface area contributed by atoms with Crippen LogP contribution < -0.4 is 15.9 Å². The lowest BCUT2D eigenvalue weighted by atomic mass is 9.87. The van der Waals surface area contributed by atoms with Gasteiger partial charge in [0.15, 0.2) is 5.65 Å². The van der Waals surface area contributed by atoms with E-state index in [-0.39, 0.29) is 83.0 Å². The molecule has 0 amide bonds. The Morgan fingerprint density at radius 1 is 0.939 bits per heavy atom. The Hall–Kier alpha value is -2.81. The summed E-state index contributed by atoms with van der Waals surface area (Å²) in [5.41, 5.74) is 4.38. The van der Waals surface area contributed by atoms with Crippen molar-refractivity contribution in [3.8, 4) is 0 Å². The number of carbonyl (C=O) groups is 2. The van der Waals surface area contributed by atoms with Gasteiger partial charge in [0.25, 0.3) is 0 Å². The van der Waals surface area contributed by atoms with Gasteiger partial charge in [-0.15, -0.1) is 0 Å². The Bertz CT molecular complexity index is 1440. The van der Waals surface area contributed by atoms with Gasteiger partial charge in [-0.25, -0.2) is 37.7 Å². The summed E-state index contributed by atoms with van der Waals surface area (Å²) >= 11 is 0. The number of nitrogens with one attached hydrogen (secondary N) is 2. The van der Waals surface area contributed by atoms with Gasteiger partial charge < -0.3 is 24.5 Å². The van der Waals surface area contributed by atoms with Crippen molar-refractivity contribution in [3.63, 3.8) is 0 Å². The van der Waals surface area contributed by atoms with Gasteiger partial charge in [-0.1, -0.05) is 0 Å². The van der Waals surface area contributed by atoms with Crippen molar-refractivity contribution in [1.29, 1.82) is 0 Å². The van der Waals surface area contributed by atoms with Gasteiger partial charge in [-0.05, 0) is 78.2 Å². The summed E-state index contributed by atoms with van der Waals surface area (Å²) in [5, 5.41) is 5.67. The van der Waals surface area contributed by atoms with Gasteiger partial charge in [-0.3, -0.25) is 14.2 Å². The van der Waals surface area contributed by atoms with Crippen LogP contribution in [0.3, 0.4) is 0 Å². The lowest BCUT2D eigenvalue weighted by molar-refractivity contribution is -0.152. The average Bonchev–Trinajstić information content (AvgIpc) is 3.41. The first kappa shape index (κ1) is 39.0. The number of rotatable bonds is 15. The van der Waals surface area contributed by atoms with Gasteiger partial charge >= 0.3 is 11.9 Å². The Morgan fingerprint density at radius 3 is 1.88 bits per heavy atom. The number of esters is 2. The van der Waals surface area contributed by atoms with Gasteiger partial charge in [-0.2, -0.15) is 0 Å². The van der Waals surface area contributed by atoms with E-state index in [9.17, 15) is 31.7 Å². The molecule has 0 bridgehead atoms. The maximum Gasteiger partial charge on any atom is 0.326 e. The minimum atomic E-state index is -4.00. The molecule has 2 aliphatic carbocycles. The standard InChI is InChI=1S/C32H49F4N6O6P/c1-21(16-42-19-39-25-24(37)10-15-38-26(25)42)48-20-49(45,40-29(2,3)27(43)46-17-22-6-11-31(33,34)12-7-22)41-30(4,5)28(44)47-18-23-8-13-32(35,36)14-9-23/h10,15,19,21-23H,6-9,11-14,16-18,20H2,1-5H3,(H2,37,38)(H2,40,41,45)/t21-/m1/s1. The Labute approximate surface area is 284 Å². The molecule has 2 fully saturated rings. The maximum atomic E-state index is 14.6. The number of pyridine rings is 1. The summed E-state index contributed by atoms with van der Waals surface area (Å²) < 4.78 is 87.7. The molecule has 2 aliphatic rings. The number of carbonyl (C=O) groups excluding carboxylic acids is 2. The molecule has 0 spiro atoms. The molecule has 49 heavy (non-hydrogen) atoms. The third-order valence-electron chi connectivity index (χ3n) is 9.04. The predicted octanol–water partition coefficient (Wildman–Crippen LogP) is 6.04. The minimum absolute atomic E-state index is 0.0619. The van der Waals surface area contributed by atoms with Gasteiger partial charge in [0.2, 0.25) is 19.3 Å². The number of fused-ring (bicyclic) bond motifs is 1. The highest BCUT2D eigenvalue weighted by Crippen LogP contribution is 2.43. The smallest absolute Gasteiger partial charge is 0.326 e. The van der Waals surface area contributed by atoms with Crippen LogP contribution in [0.5, 0.6) is 0 Å². The van der Waals surface area contributed by atoms with Crippen LogP contribution in [0.4, 0.5) is 23.2 Å². The summed E-state index contributed by atoms with van der Waals surface area (Å²) in [6, 6.07) is 1.63. The fraction of sp³-hybridized carbons (Fsp3) is 0.750. The number of hydrogen-bond acceptors (Lipinski definition) is 9. The number of alkyl halides is 4. The third kappa shape index (κ3) is 10.8. The predicted molar refractivity (Wildman–Crippen MR) is 175 cm³/mol. The summed E-state index contributed by atoms with van der Waals surface area (Å²) in [6.45, 7) is 7.70. The maximum absolute atomic E-state index is 14.6. The molecule has 2 aromatic rings. The minimum Gasteiger partial charge on any atom is -0.464 e. The molecule has 4 rings (SSSR count). The highest BCUT2D eigenvalue weighted by molar-refractivity contribution is 7.59. The van der Waals surface area contributed by atoms with Crippen molar-refractivity contribution in [2.45, 2.75) is 122 Å². The zero-order valence-corrected chi connectivity index (χ0v) is 29.7. The molecule has 2 aromatic heterocycles. The van der Waals surface area contributed by atoms with E-state index in [1.165, 1.54) is 27.7 Å². The average molecular weight is 721 g/mol. The molecule has 17 heteroatoms. The SMILES string of the molecule is C[C@H](Cn1cnc2c(N)ccnc21)OCP(=O)(NC(C)(C)C(=O)OCC1CCC(F)(F)CC1)NC(C)(C)C(=O)OCC1CCC(F)(F)CC1. The second-order valence-corrected chi connectivity index (χ2v) is 16.8. The van der Waals surface area contributed by atoms with Crippen molar-refractivity contribution in [1.82, 2.24) is 24.7 Å². The largest absolute Gasteiger partial charge is 0.464 e. The number of ether oxygens (including phenoxy) is 3. The molecule has 0 radical (unpaired) electrons. The Morgan fingerprint density at radius 2 is 1.41 bits per heavy atom. The van der Waals surface area contributed by atoms with E-state index in [1.54, 1.807) is 30.1 Å². The number of aromatic nitrogens is 3. The van der Waals surface area contributed by atoms with E-state index in [1.807, 2.05) is 0 Å². The fourth-order valence-electron chi connectivity index (χ4n) is 6.05. The molecule has 0 aliphatic heterocycles. The second-order valence-electron chi connectivity index (χ2n) is 14.6. The van der Waals surface area contributed by atoms with E-state index in [0.29, 0.717) is 16.9 Å². The molecule has 276 valence electrons. The molecule has 0 aromatic carbocycles. The summed E-state index contributed by atoms with van der Waals surface area (Å²) in [7, 11) is -4.00. The number of halogens is 4. The number of nitrogens with zero attached hydrogens (tertiary/aromatic N) is 3. The topological polar surface area (TPSA) is 160 Å². The zero-order chi connectivity index (χ0) is 36.3. The zero-order valence-electron chi connectivity index (χ0n) is 28.8. The Balaban J connectivity index is 1.43. The summed E-state index contributed by atoms with van der Waals surface area (Å²) in [6.07, 6.45) is 1.84. The summed E-state index contributed by atoms with van der Waals surface area (Å²) in [5.74, 6) is -7.40. The van der Waals surface area contributed by atoms with E-state index < -0.39 is 54.8 Å². The van der Waals surface area contributed by atoms with Gasteiger partial charge in [0.05, 0.1) is 37.9 Å². The van der Waals surface area contributed by atoms with Crippen molar-refractivity contribution >= 4 is 36.2 Å². The molecule has 0 unspecified atom stereocenters. The first-order valence-electron chi connectivity index (χ1n) is 16.6. The lowest BCUT2D eigenvalue weighted by Gasteiger charge is -2.36. The highest BCUT2D eigenvalue weighted by Gasteiger charge is 2.44. The van der Waals surface area contributed by atoms with Crippen LogP contribution in [0.15, 0.2) is 18.6 Å². The first-order valence-corrected chi connectivity index (χ1v) is 18.5. The van der Waals surface area contributed by atoms with Gasteiger partial charge in [0.1, 0.15) is 22.9 Å². The molecule has 0 saturated heterocycles. The molecule has 1 atom stereocenters. The monoisotopic (exact) mass is 720 g/mol. The van der Waals surface area contributed by atoms with Crippen LogP contribution >= 0.6 is 7.44 Å². The Kier molecular flexibility index (Phi) is 12.1. The molecular weight excluding hydrogens is 671 g/mol. The number of hydrogen-bond donors (Lipinski definition) is 3. The van der Waals surface area contributed by atoms with E-state index >= 15 is 0 Å². The molecule has 2 heterocycles. The van der Waals surface area contributed by atoms with Crippen LogP contribution in [0, 0.1) is 11.8 Å². The summed E-state index contributed by atoms with van der Waals surface area (Å²) in [4.78, 5) is 35.1. The normalized spacial score (nSPS) is 19.9. The van der Waals surface area contributed by atoms with Crippen molar-refractivity contribution in [3.05, 3.63) is 18.6 Å². The van der Waals surface area contributed by atoms with Crippen LogP contribution in [-0.2, 0) is 34.9 Å². The van der Waals surface area contributed by atoms with Gasteiger partial charge in [0, 0.05) is 31.9 Å². The quantitative estimate of drug-likeness (QED) is 0.112. The number of imidazole rings is 1. The number of nitrogen functional groups attached to an aromatic ring is 1. The highest BCUT2D eigenvalue weighted by atomic mass is 31.2. The second kappa shape index (κ2) is 15.2. The third-order valence-corrected chi connectivity index (χ3v) is 11.4. The van der Waals surface area contributed by atoms with Crippen molar-refractivity contribution in [2.24, 2.45) is 11.8 Å². The number of nitrogens with two attached hydrogens (primary N) is 1. The van der Waals surface area contributed by atoms with Crippen LogP contribution in [0.25, 0.3) is 11.2 Å². The van der Waals surface area contributed by atoms with Crippen LogP contribution in [0.1, 0.15) is 86.0 Å². The molecule has 4 N–H and O–H groups in total. The van der Waals surface area contributed by atoms with Crippen LogP contribution in [-0.4, -0.2) is 75.1 Å². The van der Waals surface area contributed by atoms with E-state index in [0.717, 1.165) is 0 Å². The number of anilines is 1. The molecular formula is C32H49F4N6O6P. The molecule has 12 nitrogen and oxygen atoms in total. The van der Waals surface area contributed by atoms with E-state index in [4.69, 9.17) is 19.9 Å². The molecule has 2 saturated carbocycles. The van der Waals surface area contributed by atoms with Crippen molar-refractivity contribution in [2.75, 3.05) is 25.3 Å². The lowest BCUT2D eigenvalue weighted by Crippen LogP contribution is -2.54. The fourth-order valence-corrected chi connectivity index (χ4v) is 8.68. The van der Waals surface area contributed by atoms with E-state index in [2.05, 4.69) is 20.1 Å². The first-order chi connectivity index (χ1) is 22.7.